The van der Waals surface area contributed by atoms with Crippen molar-refractivity contribution < 1.29 is 0 Å². The molecule has 5 atom stereocenters. The molecule has 0 aromatic heterocycles. The van der Waals surface area contributed by atoms with Gasteiger partial charge < -0.3 is 0 Å². The van der Waals surface area contributed by atoms with E-state index in [-0.39, 0.29) is 0 Å². The van der Waals surface area contributed by atoms with Gasteiger partial charge in [0.25, 0.3) is 0 Å². The first-order valence-electron chi connectivity index (χ1n) is 8.08. The molecule has 17 heavy (non-hydrogen) atoms. The second-order valence-corrected chi connectivity index (χ2v) is 7.53. The first kappa shape index (κ1) is 13.4. The molecule has 0 heteroatoms. The highest BCUT2D eigenvalue weighted by Crippen LogP contribution is 2.46. The summed E-state index contributed by atoms with van der Waals surface area (Å²) in [6, 6.07) is 0. The largest absolute Gasteiger partial charge is 0.0625 e. The average molecular weight is 236 g/mol. The quantitative estimate of drug-likeness (QED) is 0.592. The summed E-state index contributed by atoms with van der Waals surface area (Å²) in [6.07, 6.45) is 10.6. The summed E-state index contributed by atoms with van der Waals surface area (Å²) in [4.78, 5) is 0. The maximum Gasteiger partial charge on any atom is -0.0355 e. The molecule has 0 radical (unpaired) electrons. The fourth-order valence-corrected chi connectivity index (χ4v) is 4.96. The van der Waals surface area contributed by atoms with E-state index in [1.54, 1.807) is 0 Å². The summed E-state index contributed by atoms with van der Waals surface area (Å²) in [5.74, 6) is 6.03. The molecule has 2 fully saturated rings. The first-order chi connectivity index (χ1) is 8.08. The first-order valence-corrected chi connectivity index (χ1v) is 8.08. The summed E-state index contributed by atoms with van der Waals surface area (Å²) in [5, 5.41) is 0. The van der Waals surface area contributed by atoms with Gasteiger partial charge in [-0.1, -0.05) is 40.5 Å². The van der Waals surface area contributed by atoms with Crippen LogP contribution in [0.15, 0.2) is 0 Å². The Morgan fingerprint density at radius 2 is 1.41 bits per heavy atom. The van der Waals surface area contributed by atoms with Crippen LogP contribution in [0.4, 0.5) is 0 Å². The van der Waals surface area contributed by atoms with Crippen molar-refractivity contribution in [3.63, 3.8) is 0 Å². The Morgan fingerprint density at radius 3 is 2.00 bits per heavy atom. The summed E-state index contributed by atoms with van der Waals surface area (Å²) < 4.78 is 0. The van der Waals surface area contributed by atoms with E-state index in [4.69, 9.17) is 0 Å². The van der Waals surface area contributed by atoms with Crippen molar-refractivity contribution in [1.82, 2.24) is 0 Å². The second kappa shape index (κ2) is 5.76. The summed E-state index contributed by atoms with van der Waals surface area (Å²) in [7, 11) is 0. The van der Waals surface area contributed by atoms with Gasteiger partial charge in [0.2, 0.25) is 0 Å². The molecule has 2 saturated carbocycles. The monoisotopic (exact) mass is 236 g/mol. The van der Waals surface area contributed by atoms with Crippen molar-refractivity contribution >= 4 is 0 Å². The minimum absolute atomic E-state index is 0.910. The van der Waals surface area contributed by atoms with Gasteiger partial charge in [-0.25, -0.2) is 0 Å². The molecule has 0 aliphatic heterocycles. The van der Waals surface area contributed by atoms with Gasteiger partial charge in [0.05, 0.1) is 0 Å². The van der Waals surface area contributed by atoms with E-state index in [0.717, 1.165) is 35.5 Å². The third kappa shape index (κ3) is 3.26. The molecule has 0 saturated heterocycles. The van der Waals surface area contributed by atoms with Gasteiger partial charge in [-0.05, 0) is 67.6 Å². The fraction of sp³-hybridized carbons (Fsp3) is 1.00. The van der Waals surface area contributed by atoms with E-state index in [2.05, 4.69) is 27.7 Å². The molecule has 2 aliphatic carbocycles. The Morgan fingerprint density at radius 1 is 0.824 bits per heavy atom. The van der Waals surface area contributed by atoms with E-state index >= 15 is 0 Å². The van der Waals surface area contributed by atoms with E-state index in [9.17, 15) is 0 Å². The zero-order chi connectivity index (χ0) is 12.4. The molecule has 0 bridgehead atoms. The van der Waals surface area contributed by atoms with E-state index in [0.29, 0.717) is 0 Å². The van der Waals surface area contributed by atoms with Crippen LogP contribution in [0, 0.1) is 35.5 Å². The summed E-state index contributed by atoms with van der Waals surface area (Å²) >= 11 is 0. The van der Waals surface area contributed by atoms with Crippen molar-refractivity contribution in [1.29, 1.82) is 0 Å². The summed E-state index contributed by atoms with van der Waals surface area (Å²) in [6.45, 7) is 9.88. The third-order valence-corrected chi connectivity index (χ3v) is 5.55. The van der Waals surface area contributed by atoms with Crippen LogP contribution in [0.5, 0.6) is 0 Å². The standard InChI is InChI=1S/C17H32/c1-12(2)16-7-5-6-8-17(16)15-10-13(3)9-14(4)11-15/h12-17H,5-11H2,1-4H3/t13-,14+,15?,16-,17?/m0/s1. The maximum atomic E-state index is 2.48. The number of hydrogen-bond acceptors (Lipinski definition) is 0. The van der Waals surface area contributed by atoms with Gasteiger partial charge in [-0.3, -0.25) is 0 Å². The maximum absolute atomic E-state index is 2.48. The molecule has 2 aliphatic rings. The van der Waals surface area contributed by atoms with Crippen molar-refractivity contribution in [3.8, 4) is 0 Å². The fourth-order valence-electron chi connectivity index (χ4n) is 4.96. The van der Waals surface area contributed by atoms with Crippen LogP contribution in [-0.2, 0) is 0 Å². The lowest BCUT2D eigenvalue weighted by Gasteiger charge is -2.43. The zero-order valence-electron chi connectivity index (χ0n) is 12.4. The van der Waals surface area contributed by atoms with Crippen LogP contribution < -0.4 is 0 Å². The minimum Gasteiger partial charge on any atom is -0.0625 e. The Kier molecular flexibility index (Phi) is 4.55. The SMILES string of the molecule is CC(C)[C@@H]1CCCCC1C1C[C@@H](C)C[C@@H](C)C1. The predicted octanol–water partition coefficient (Wildman–Crippen LogP) is 5.52. The molecule has 100 valence electrons. The molecule has 0 aromatic rings. The molecule has 0 heterocycles. The topological polar surface area (TPSA) is 0 Å². The highest BCUT2D eigenvalue weighted by molar-refractivity contribution is 4.86. The van der Waals surface area contributed by atoms with Crippen molar-refractivity contribution in [2.75, 3.05) is 0 Å². The molecule has 0 N–H and O–H groups in total. The van der Waals surface area contributed by atoms with Gasteiger partial charge in [0.1, 0.15) is 0 Å². The van der Waals surface area contributed by atoms with Crippen LogP contribution in [0.25, 0.3) is 0 Å². The normalized spacial score (nSPS) is 43.9. The average Bonchev–Trinajstić information content (AvgIpc) is 2.27. The molecule has 0 aromatic carbocycles. The Hall–Kier alpha value is 0. The van der Waals surface area contributed by atoms with Crippen molar-refractivity contribution in [2.45, 2.75) is 72.6 Å². The highest BCUT2D eigenvalue weighted by Gasteiger charge is 2.36. The number of hydrogen-bond donors (Lipinski definition) is 0. The Labute approximate surface area is 109 Å². The minimum atomic E-state index is 0.910. The molecule has 0 spiro atoms. The van der Waals surface area contributed by atoms with Crippen molar-refractivity contribution in [3.05, 3.63) is 0 Å². The molecular weight excluding hydrogens is 204 g/mol. The number of rotatable bonds is 2. The molecule has 2 unspecified atom stereocenters. The smallest absolute Gasteiger partial charge is 0.0355 e. The van der Waals surface area contributed by atoms with Gasteiger partial charge in [0, 0.05) is 0 Å². The predicted molar refractivity (Wildman–Crippen MR) is 76.0 cm³/mol. The Bertz CT molecular complexity index is 220. The molecule has 0 amide bonds. The van der Waals surface area contributed by atoms with Gasteiger partial charge in [0.15, 0.2) is 0 Å². The lowest BCUT2D eigenvalue weighted by Crippen LogP contribution is -2.34. The van der Waals surface area contributed by atoms with Crippen LogP contribution in [0.1, 0.15) is 72.6 Å². The van der Waals surface area contributed by atoms with Gasteiger partial charge in [-0.2, -0.15) is 0 Å². The van der Waals surface area contributed by atoms with E-state index < -0.39 is 0 Å². The van der Waals surface area contributed by atoms with E-state index in [1.807, 2.05) is 0 Å². The van der Waals surface area contributed by atoms with E-state index in [1.165, 1.54) is 44.9 Å². The van der Waals surface area contributed by atoms with Crippen molar-refractivity contribution in [2.24, 2.45) is 35.5 Å². The van der Waals surface area contributed by atoms with Crippen LogP contribution in [-0.4, -0.2) is 0 Å². The zero-order valence-corrected chi connectivity index (χ0v) is 12.4. The van der Waals surface area contributed by atoms with Crippen LogP contribution >= 0.6 is 0 Å². The van der Waals surface area contributed by atoms with Gasteiger partial charge in [-0.15, -0.1) is 0 Å². The Balaban J connectivity index is 2.02. The lowest BCUT2D eigenvalue weighted by atomic mass is 9.62. The van der Waals surface area contributed by atoms with Crippen LogP contribution in [0.2, 0.25) is 0 Å². The second-order valence-electron chi connectivity index (χ2n) is 7.53. The molecule has 2 rings (SSSR count). The van der Waals surface area contributed by atoms with Crippen LogP contribution in [0.3, 0.4) is 0 Å². The van der Waals surface area contributed by atoms with Gasteiger partial charge >= 0.3 is 0 Å². The highest BCUT2D eigenvalue weighted by atomic mass is 14.4. The molecule has 0 nitrogen and oxygen atoms in total. The summed E-state index contributed by atoms with van der Waals surface area (Å²) in [5.41, 5.74) is 0. The third-order valence-electron chi connectivity index (χ3n) is 5.55. The lowest BCUT2D eigenvalue weighted by molar-refractivity contribution is 0.0668. The molecular formula is C17H32.